The SMILES string of the molecule is FC(F)(F)c1cc2c(Cl)ccnc2cc1OCCCN1C=COCC1. The molecule has 2 aromatic rings. The van der Waals surface area contributed by atoms with Crippen molar-refractivity contribution in [2.45, 2.75) is 12.6 Å². The van der Waals surface area contributed by atoms with Crippen LogP contribution >= 0.6 is 11.6 Å². The van der Waals surface area contributed by atoms with Crippen molar-refractivity contribution in [1.82, 2.24) is 9.88 Å². The number of hydrogen-bond donors (Lipinski definition) is 0. The van der Waals surface area contributed by atoms with Crippen LogP contribution in [-0.2, 0) is 10.9 Å². The summed E-state index contributed by atoms with van der Waals surface area (Å²) in [7, 11) is 0. The highest BCUT2D eigenvalue weighted by Gasteiger charge is 2.35. The van der Waals surface area contributed by atoms with Gasteiger partial charge in [-0.05, 0) is 18.6 Å². The summed E-state index contributed by atoms with van der Waals surface area (Å²) in [4.78, 5) is 6.09. The zero-order valence-electron chi connectivity index (χ0n) is 13.2. The fourth-order valence-electron chi connectivity index (χ4n) is 2.56. The van der Waals surface area contributed by atoms with Gasteiger partial charge in [0.15, 0.2) is 0 Å². The molecule has 0 amide bonds. The minimum Gasteiger partial charge on any atom is -0.498 e. The molecule has 1 aromatic carbocycles. The fraction of sp³-hybridized carbons (Fsp3) is 0.353. The standard InChI is InChI=1S/C17H16ClF3N2O2/c18-14-2-3-22-15-11-16(13(10-12(14)15)17(19,20)21)25-7-1-4-23-5-8-24-9-6-23/h2-3,5,8,10-11H,1,4,6-7,9H2. The maximum absolute atomic E-state index is 13.3. The lowest BCUT2D eigenvalue weighted by molar-refractivity contribution is -0.138. The van der Waals surface area contributed by atoms with Gasteiger partial charge in [-0.1, -0.05) is 11.6 Å². The average Bonchev–Trinajstić information content (AvgIpc) is 2.58. The molecule has 0 radical (unpaired) electrons. The number of benzene rings is 1. The molecule has 8 heteroatoms. The molecule has 1 aliphatic heterocycles. The summed E-state index contributed by atoms with van der Waals surface area (Å²) < 4.78 is 50.5. The van der Waals surface area contributed by atoms with Gasteiger partial charge in [0.1, 0.15) is 12.4 Å². The molecule has 1 aromatic heterocycles. The molecule has 0 unspecified atom stereocenters. The van der Waals surface area contributed by atoms with E-state index >= 15 is 0 Å². The second kappa shape index (κ2) is 7.39. The highest BCUT2D eigenvalue weighted by Crippen LogP contribution is 2.39. The van der Waals surface area contributed by atoms with E-state index in [1.54, 1.807) is 6.26 Å². The molecule has 0 N–H and O–H groups in total. The third-order valence-corrected chi connectivity index (χ3v) is 4.14. The van der Waals surface area contributed by atoms with Gasteiger partial charge in [0.25, 0.3) is 0 Å². The Hall–Kier alpha value is -2.15. The molecule has 0 atom stereocenters. The van der Waals surface area contributed by atoms with Gasteiger partial charge in [-0.3, -0.25) is 4.98 Å². The number of pyridine rings is 1. The molecular formula is C17H16ClF3N2O2. The van der Waals surface area contributed by atoms with Crippen LogP contribution < -0.4 is 4.74 Å². The molecule has 3 rings (SSSR count). The van der Waals surface area contributed by atoms with Crippen LogP contribution in [0.25, 0.3) is 10.9 Å². The number of fused-ring (bicyclic) bond motifs is 1. The Kier molecular flexibility index (Phi) is 5.22. The maximum Gasteiger partial charge on any atom is 0.419 e. The summed E-state index contributed by atoms with van der Waals surface area (Å²) in [5, 5.41) is 0.475. The molecule has 0 saturated heterocycles. The van der Waals surface area contributed by atoms with Gasteiger partial charge in [-0.25, -0.2) is 0 Å². The monoisotopic (exact) mass is 372 g/mol. The Bertz CT molecular complexity index is 780. The van der Waals surface area contributed by atoms with Gasteiger partial charge in [-0.2, -0.15) is 13.2 Å². The minimum absolute atomic E-state index is 0.167. The van der Waals surface area contributed by atoms with Gasteiger partial charge in [-0.15, -0.1) is 0 Å². The zero-order valence-corrected chi connectivity index (χ0v) is 14.0. The van der Waals surface area contributed by atoms with Gasteiger partial charge < -0.3 is 14.4 Å². The lowest BCUT2D eigenvalue weighted by Crippen LogP contribution is -2.26. The van der Waals surface area contributed by atoms with Gasteiger partial charge >= 0.3 is 6.18 Å². The number of aromatic nitrogens is 1. The number of hydrogen-bond acceptors (Lipinski definition) is 4. The number of alkyl halides is 3. The van der Waals surface area contributed by atoms with Crippen LogP contribution in [0.15, 0.2) is 36.9 Å². The minimum atomic E-state index is -4.53. The van der Waals surface area contributed by atoms with E-state index in [4.69, 9.17) is 21.1 Å². The second-order valence-electron chi connectivity index (χ2n) is 5.55. The third kappa shape index (κ3) is 4.28. The first kappa shape index (κ1) is 17.7. The van der Waals surface area contributed by atoms with Crippen molar-refractivity contribution >= 4 is 22.5 Å². The van der Waals surface area contributed by atoms with E-state index in [-0.39, 0.29) is 22.8 Å². The molecule has 134 valence electrons. The average molecular weight is 373 g/mol. The van der Waals surface area contributed by atoms with Crippen molar-refractivity contribution in [2.24, 2.45) is 0 Å². The first-order valence-corrected chi connectivity index (χ1v) is 8.13. The molecule has 0 spiro atoms. The van der Waals surface area contributed by atoms with Crippen molar-refractivity contribution in [1.29, 1.82) is 0 Å². The normalized spacial score (nSPS) is 14.6. The van der Waals surface area contributed by atoms with Crippen molar-refractivity contribution in [3.63, 3.8) is 0 Å². The quantitative estimate of drug-likeness (QED) is 0.725. The number of nitrogens with zero attached hydrogens (tertiary/aromatic N) is 2. The molecule has 4 nitrogen and oxygen atoms in total. The first-order valence-electron chi connectivity index (χ1n) is 7.76. The Morgan fingerprint density at radius 3 is 2.88 bits per heavy atom. The van der Waals surface area contributed by atoms with E-state index < -0.39 is 11.7 Å². The largest absolute Gasteiger partial charge is 0.498 e. The lowest BCUT2D eigenvalue weighted by Gasteiger charge is -2.23. The Morgan fingerprint density at radius 2 is 2.16 bits per heavy atom. The van der Waals surface area contributed by atoms with Crippen molar-refractivity contribution in [3.05, 3.63) is 47.4 Å². The van der Waals surface area contributed by atoms with E-state index in [1.807, 2.05) is 11.1 Å². The van der Waals surface area contributed by atoms with Crippen LogP contribution in [0.4, 0.5) is 13.2 Å². The molecule has 0 fully saturated rings. The number of rotatable bonds is 5. The van der Waals surface area contributed by atoms with Gasteiger partial charge in [0.05, 0.1) is 35.5 Å². The molecule has 1 aliphatic rings. The second-order valence-corrected chi connectivity index (χ2v) is 5.96. The molecule has 0 bridgehead atoms. The topological polar surface area (TPSA) is 34.6 Å². The van der Waals surface area contributed by atoms with Gasteiger partial charge in [0.2, 0.25) is 0 Å². The van der Waals surface area contributed by atoms with Crippen molar-refractivity contribution < 1.29 is 22.6 Å². The predicted molar refractivity (Wildman–Crippen MR) is 88.5 cm³/mol. The summed E-state index contributed by atoms with van der Waals surface area (Å²) in [6, 6.07) is 3.74. The lowest BCUT2D eigenvalue weighted by atomic mass is 10.1. The van der Waals surface area contributed by atoms with Crippen molar-refractivity contribution in [2.75, 3.05) is 26.3 Å². The predicted octanol–water partition coefficient (Wildman–Crippen LogP) is 4.48. The van der Waals surface area contributed by atoms with E-state index in [1.165, 1.54) is 18.3 Å². The number of halogens is 4. The molecule has 2 heterocycles. The summed E-state index contributed by atoms with van der Waals surface area (Å²) in [5.41, 5.74) is -0.479. The smallest absolute Gasteiger partial charge is 0.419 e. The highest BCUT2D eigenvalue weighted by molar-refractivity contribution is 6.35. The molecule has 0 saturated carbocycles. The fourth-order valence-corrected chi connectivity index (χ4v) is 2.77. The highest BCUT2D eigenvalue weighted by atomic mass is 35.5. The van der Waals surface area contributed by atoms with E-state index in [2.05, 4.69) is 4.98 Å². The molecule has 25 heavy (non-hydrogen) atoms. The van der Waals surface area contributed by atoms with E-state index in [0.29, 0.717) is 25.1 Å². The summed E-state index contributed by atoms with van der Waals surface area (Å²) in [5.74, 6) is -0.229. The summed E-state index contributed by atoms with van der Waals surface area (Å²) in [6.07, 6.45) is 0.919. The Labute approximate surface area is 147 Å². The van der Waals surface area contributed by atoms with E-state index in [0.717, 1.165) is 12.6 Å². The summed E-state index contributed by atoms with van der Waals surface area (Å²) >= 11 is 5.97. The Balaban J connectivity index is 1.75. The first-order chi connectivity index (χ1) is 11.9. The summed E-state index contributed by atoms with van der Waals surface area (Å²) in [6.45, 7) is 2.20. The van der Waals surface area contributed by atoms with Gasteiger partial charge in [0, 0.05) is 30.4 Å². The maximum atomic E-state index is 13.3. The van der Waals surface area contributed by atoms with Crippen LogP contribution in [0.2, 0.25) is 5.02 Å². The third-order valence-electron chi connectivity index (χ3n) is 3.81. The van der Waals surface area contributed by atoms with Crippen molar-refractivity contribution in [3.8, 4) is 5.75 Å². The van der Waals surface area contributed by atoms with Crippen LogP contribution in [0.1, 0.15) is 12.0 Å². The zero-order chi connectivity index (χ0) is 17.9. The van der Waals surface area contributed by atoms with Crippen LogP contribution in [0, 0.1) is 0 Å². The number of ether oxygens (including phenoxy) is 2. The van der Waals surface area contributed by atoms with Crippen LogP contribution in [-0.4, -0.2) is 36.2 Å². The molecule has 0 aliphatic carbocycles. The Morgan fingerprint density at radius 1 is 1.32 bits per heavy atom. The molecular weight excluding hydrogens is 357 g/mol. The van der Waals surface area contributed by atoms with Crippen LogP contribution in [0.3, 0.4) is 0 Å². The van der Waals surface area contributed by atoms with E-state index in [9.17, 15) is 13.2 Å². The van der Waals surface area contributed by atoms with Crippen LogP contribution in [0.5, 0.6) is 5.75 Å².